The van der Waals surface area contributed by atoms with Crippen molar-refractivity contribution in [2.75, 3.05) is 11.5 Å². The third kappa shape index (κ3) is 2.22. The lowest BCUT2D eigenvalue weighted by atomic mass is 10.3. The van der Waals surface area contributed by atoms with E-state index in [1.165, 1.54) is 0 Å². The average Bonchev–Trinajstić information content (AvgIpc) is 2.01. The van der Waals surface area contributed by atoms with Gasteiger partial charge in [0.1, 0.15) is 0 Å². The van der Waals surface area contributed by atoms with E-state index in [-0.39, 0.29) is 0 Å². The average molecular weight is 222 g/mol. The lowest BCUT2D eigenvalue weighted by molar-refractivity contribution is 1.43. The van der Waals surface area contributed by atoms with Gasteiger partial charge in [-0.3, -0.25) is 0 Å². The molecule has 1 rings (SSSR count). The molecule has 0 aliphatic heterocycles. The summed E-state index contributed by atoms with van der Waals surface area (Å²) in [6.07, 6.45) is 0. The van der Waals surface area contributed by atoms with Crippen molar-refractivity contribution in [3.8, 4) is 0 Å². The van der Waals surface area contributed by atoms with E-state index in [9.17, 15) is 0 Å². The van der Waals surface area contributed by atoms with E-state index in [0.717, 1.165) is 10.6 Å². The molecule has 0 heterocycles. The number of anilines is 1. The Bertz CT molecular complexity index is 289. The zero-order valence-corrected chi connectivity index (χ0v) is 8.93. The van der Waals surface area contributed by atoms with Gasteiger partial charge in [0.2, 0.25) is 0 Å². The monoisotopic (exact) mass is 221 g/mol. The molecule has 0 saturated heterocycles. The fourth-order valence-corrected chi connectivity index (χ4v) is 2.08. The Hall–Kier alpha value is -0.0500. The zero-order valence-electron chi connectivity index (χ0n) is 6.60. The van der Waals surface area contributed by atoms with Crippen LogP contribution in [0.5, 0.6) is 0 Å². The van der Waals surface area contributed by atoms with Gasteiger partial charge in [0.05, 0.1) is 15.7 Å². The third-order valence-electron chi connectivity index (χ3n) is 1.35. The number of hydrogen-bond acceptors (Lipinski definition) is 2. The Morgan fingerprint density at radius 1 is 1.33 bits per heavy atom. The Labute approximate surface area is 86.2 Å². The van der Waals surface area contributed by atoms with E-state index in [0.29, 0.717) is 15.7 Å². The van der Waals surface area contributed by atoms with Gasteiger partial charge in [-0.1, -0.05) is 30.1 Å². The highest BCUT2D eigenvalue weighted by Crippen LogP contribution is 2.33. The van der Waals surface area contributed by atoms with Crippen molar-refractivity contribution >= 4 is 40.7 Å². The summed E-state index contributed by atoms with van der Waals surface area (Å²) in [5.41, 5.74) is 6.09. The molecule has 66 valence electrons. The Balaban J connectivity index is 3.05. The summed E-state index contributed by atoms with van der Waals surface area (Å²) >= 11 is 13.4. The fraction of sp³-hybridized carbons (Fsp3) is 0.250. The second-order valence-electron chi connectivity index (χ2n) is 2.24. The van der Waals surface area contributed by atoms with E-state index >= 15 is 0 Å². The normalized spacial score (nSPS) is 10.2. The highest BCUT2D eigenvalue weighted by molar-refractivity contribution is 7.99. The molecule has 0 unspecified atom stereocenters. The molecule has 0 amide bonds. The number of benzene rings is 1. The minimum Gasteiger partial charge on any atom is -0.397 e. The van der Waals surface area contributed by atoms with Crippen LogP contribution in [0.3, 0.4) is 0 Å². The molecule has 0 aliphatic carbocycles. The maximum absolute atomic E-state index is 5.92. The minimum atomic E-state index is 0.530. The molecule has 0 saturated carbocycles. The zero-order chi connectivity index (χ0) is 9.14. The maximum atomic E-state index is 5.92. The Kier molecular flexibility index (Phi) is 3.56. The number of nitrogens with two attached hydrogens (primary N) is 1. The van der Waals surface area contributed by atoms with Crippen molar-refractivity contribution < 1.29 is 0 Å². The largest absolute Gasteiger partial charge is 0.397 e. The molecular formula is C8H9Cl2NS. The van der Waals surface area contributed by atoms with Gasteiger partial charge in [0.25, 0.3) is 0 Å². The van der Waals surface area contributed by atoms with Crippen LogP contribution < -0.4 is 5.73 Å². The number of thioether (sulfide) groups is 1. The molecule has 4 heteroatoms. The molecule has 0 aromatic heterocycles. The van der Waals surface area contributed by atoms with Crippen LogP contribution in [-0.4, -0.2) is 5.75 Å². The number of hydrogen-bond donors (Lipinski definition) is 1. The first-order valence-corrected chi connectivity index (χ1v) is 5.26. The van der Waals surface area contributed by atoms with Crippen LogP contribution in [0.15, 0.2) is 17.0 Å². The summed E-state index contributed by atoms with van der Waals surface area (Å²) in [7, 11) is 0. The van der Waals surface area contributed by atoms with Crippen molar-refractivity contribution in [1.29, 1.82) is 0 Å². The molecule has 0 radical (unpaired) electrons. The third-order valence-corrected chi connectivity index (χ3v) is 3.04. The van der Waals surface area contributed by atoms with Gasteiger partial charge in [-0.15, -0.1) is 11.8 Å². The molecule has 2 N–H and O–H groups in total. The van der Waals surface area contributed by atoms with E-state index in [1.54, 1.807) is 23.9 Å². The summed E-state index contributed by atoms with van der Waals surface area (Å²) in [5, 5.41) is 1.24. The van der Waals surface area contributed by atoms with Crippen LogP contribution in [0.1, 0.15) is 6.92 Å². The van der Waals surface area contributed by atoms with E-state index < -0.39 is 0 Å². The number of rotatable bonds is 2. The summed E-state index contributed by atoms with van der Waals surface area (Å²) < 4.78 is 0. The van der Waals surface area contributed by atoms with Crippen molar-refractivity contribution in [2.24, 2.45) is 0 Å². The van der Waals surface area contributed by atoms with Gasteiger partial charge in [-0.25, -0.2) is 0 Å². The first-order valence-electron chi connectivity index (χ1n) is 3.52. The number of nitrogen functional groups attached to an aromatic ring is 1. The second-order valence-corrected chi connectivity index (χ2v) is 4.36. The lowest BCUT2D eigenvalue weighted by Gasteiger charge is -2.04. The molecule has 0 spiro atoms. The van der Waals surface area contributed by atoms with Crippen molar-refractivity contribution in [2.45, 2.75) is 11.8 Å². The predicted octanol–water partition coefficient (Wildman–Crippen LogP) is 3.69. The van der Waals surface area contributed by atoms with Crippen LogP contribution in [0.4, 0.5) is 5.69 Å². The standard InChI is InChI=1S/C8H9Cl2NS/c1-2-12-8-4-5(9)7(11)3-6(8)10/h3-4H,2,11H2,1H3. The molecule has 0 aliphatic rings. The van der Waals surface area contributed by atoms with Crippen molar-refractivity contribution in [1.82, 2.24) is 0 Å². The summed E-state index contributed by atoms with van der Waals surface area (Å²) in [6, 6.07) is 3.48. The van der Waals surface area contributed by atoms with Gasteiger partial charge in [0.15, 0.2) is 0 Å². The molecule has 12 heavy (non-hydrogen) atoms. The molecule has 0 bridgehead atoms. The van der Waals surface area contributed by atoms with Crippen LogP contribution >= 0.6 is 35.0 Å². The van der Waals surface area contributed by atoms with Gasteiger partial charge < -0.3 is 5.73 Å². The quantitative estimate of drug-likeness (QED) is 0.610. The summed E-state index contributed by atoms with van der Waals surface area (Å²) in [4.78, 5) is 0.985. The molecule has 1 aromatic carbocycles. The molecule has 1 aromatic rings. The second kappa shape index (κ2) is 4.26. The Morgan fingerprint density at radius 2 is 2.00 bits per heavy atom. The maximum Gasteiger partial charge on any atom is 0.0647 e. The van der Waals surface area contributed by atoms with Gasteiger partial charge in [-0.2, -0.15) is 0 Å². The summed E-state index contributed by atoms with van der Waals surface area (Å²) in [6.45, 7) is 2.06. The van der Waals surface area contributed by atoms with Crippen molar-refractivity contribution in [3.63, 3.8) is 0 Å². The highest BCUT2D eigenvalue weighted by atomic mass is 35.5. The summed E-state index contributed by atoms with van der Waals surface area (Å²) in [5.74, 6) is 0.972. The van der Waals surface area contributed by atoms with E-state index in [1.807, 2.05) is 0 Å². The Morgan fingerprint density at radius 3 is 2.58 bits per heavy atom. The molecular weight excluding hydrogens is 213 g/mol. The fourth-order valence-electron chi connectivity index (χ4n) is 0.810. The SMILES string of the molecule is CCSc1cc(Cl)c(N)cc1Cl. The van der Waals surface area contributed by atoms with Crippen molar-refractivity contribution in [3.05, 3.63) is 22.2 Å². The topological polar surface area (TPSA) is 26.0 Å². The van der Waals surface area contributed by atoms with Crippen LogP contribution in [0.2, 0.25) is 10.0 Å². The molecule has 1 nitrogen and oxygen atoms in total. The molecule has 0 atom stereocenters. The smallest absolute Gasteiger partial charge is 0.0647 e. The minimum absolute atomic E-state index is 0.530. The van der Waals surface area contributed by atoms with Crippen LogP contribution in [0.25, 0.3) is 0 Å². The van der Waals surface area contributed by atoms with Crippen LogP contribution in [-0.2, 0) is 0 Å². The van der Waals surface area contributed by atoms with E-state index in [4.69, 9.17) is 28.9 Å². The lowest BCUT2D eigenvalue weighted by Crippen LogP contribution is -1.87. The van der Waals surface area contributed by atoms with Gasteiger partial charge >= 0.3 is 0 Å². The van der Waals surface area contributed by atoms with E-state index in [2.05, 4.69) is 6.92 Å². The van der Waals surface area contributed by atoms with Crippen LogP contribution in [0, 0.1) is 0 Å². The van der Waals surface area contributed by atoms with Gasteiger partial charge in [0, 0.05) is 4.90 Å². The van der Waals surface area contributed by atoms with Gasteiger partial charge in [-0.05, 0) is 17.9 Å². The predicted molar refractivity (Wildman–Crippen MR) is 57.3 cm³/mol. The first kappa shape index (κ1) is 10.0. The highest BCUT2D eigenvalue weighted by Gasteiger charge is 2.04. The molecule has 0 fully saturated rings. The number of halogens is 2. The first-order chi connectivity index (χ1) is 5.65.